The average molecular weight is 360 g/mol. The molecule has 0 spiro atoms. The van der Waals surface area contributed by atoms with Crippen molar-refractivity contribution in [3.05, 3.63) is 58.1 Å². The van der Waals surface area contributed by atoms with Crippen molar-refractivity contribution in [3.8, 4) is 0 Å². The van der Waals surface area contributed by atoms with E-state index in [0.29, 0.717) is 0 Å². The first-order valence-electron chi connectivity index (χ1n) is 6.00. The Kier molecular flexibility index (Phi) is 4.95. The molecule has 0 atom stereocenters. The summed E-state index contributed by atoms with van der Waals surface area (Å²) in [4.78, 5) is 11.6. The zero-order valence-corrected chi connectivity index (χ0v) is 13.7. The molecule has 0 aliphatic heterocycles. The van der Waals surface area contributed by atoms with Gasteiger partial charge in [-0.3, -0.25) is 4.72 Å². The van der Waals surface area contributed by atoms with Crippen LogP contribution in [0.1, 0.15) is 10.4 Å². The summed E-state index contributed by atoms with van der Waals surface area (Å²) in [7, 11) is -2.78. The lowest BCUT2D eigenvalue weighted by Crippen LogP contribution is -2.16. The number of methoxy groups -OCH3 is 1. The SMILES string of the molecule is COC(=O)c1ccc(Cl)cc1NS(=O)(=O)c1ccccc1Cl. The van der Waals surface area contributed by atoms with Crippen LogP contribution in [0, 0.1) is 0 Å². The number of benzene rings is 2. The van der Waals surface area contributed by atoms with Gasteiger partial charge in [-0.1, -0.05) is 35.3 Å². The zero-order valence-electron chi connectivity index (χ0n) is 11.3. The van der Waals surface area contributed by atoms with E-state index in [1.807, 2.05) is 0 Å². The molecule has 0 heterocycles. The Bertz CT molecular complexity index is 821. The molecule has 0 aromatic heterocycles. The molecule has 8 heteroatoms. The van der Waals surface area contributed by atoms with Crippen LogP contribution < -0.4 is 4.72 Å². The maximum atomic E-state index is 12.4. The fourth-order valence-corrected chi connectivity index (χ4v) is 3.51. The third-order valence-electron chi connectivity index (χ3n) is 2.76. The van der Waals surface area contributed by atoms with Crippen molar-refractivity contribution in [2.45, 2.75) is 4.90 Å². The van der Waals surface area contributed by atoms with Crippen LogP contribution in [0.3, 0.4) is 0 Å². The van der Waals surface area contributed by atoms with Crippen molar-refractivity contribution in [1.82, 2.24) is 0 Å². The Hall–Kier alpha value is -1.76. The highest BCUT2D eigenvalue weighted by atomic mass is 35.5. The van der Waals surface area contributed by atoms with Crippen LogP contribution in [0.5, 0.6) is 0 Å². The van der Waals surface area contributed by atoms with E-state index < -0.39 is 16.0 Å². The van der Waals surface area contributed by atoms with Gasteiger partial charge in [0, 0.05) is 5.02 Å². The molecule has 2 aromatic carbocycles. The number of carbonyl (C=O) groups is 1. The van der Waals surface area contributed by atoms with Crippen LogP contribution in [0.25, 0.3) is 0 Å². The van der Waals surface area contributed by atoms with Gasteiger partial charge in [0.2, 0.25) is 0 Å². The maximum Gasteiger partial charge on any atom is 0.339 e. The number of carbonyl (C=O) groups excluding carboxylic acids is 1. The Labute approximate surface area is 137 Å². The summed E-state index contributed by atoms with van der Waals surface area (Å²) in [5.41, 5.74) is 0.0572. The monoisotopic (exact) mass is 359 g/mol. The highest BCUT2D eigenvalue weighted by Crippen LogP contribution is 2.27. The third kappa shape index (κ3) is 3.52. The van der Waals surface area contributed by atoms with Crippen LogP contribution in [0.2, 0.25) is 10.0 Å². The van der Waals surface area contributed by atoms with Gasteiger partial charge in [0.1, 0.15) is 4.90 Å². The van der Waals surface area contributed by atoms with Crippen LogP contribution in [0.15, 0.2) is 47.4 Å². The van der Waals surface area contributed by atoms with Gasteiger partial charge in [0.05, 0.1) is 23.4 Å². The van der Waals surface area contributed by atoms with Crippen molar-refractivity contribution in [3.63, 3.8) is 0 Å². The number of anilines is 1. The fourth-order valence-electron chi connectivity index (χ4n) is 1.75. The number of esters is 1. The second-order valence-corrected chi connectivity index (χ2v) is 6.71. The van der Waals surface area contributed by atoms with Gasteiger partial charge >= 0.3 is 5.97 Å². The summed E-state index contributed by atoms with van der Waals surface area (Å²) >= 11 is 11.8. The van der Waals surface area contributed by atoms with E-state index in [4.69, 9.17) is 23.2 Å². The minimum absolute atomic E-state index is 0.0132. The maximum absolute atomic E-state index is 12.4. The zero-order chi connectivity index (χ0) is 16.3. The molecule has 0 aliphatic rings. The van der Waals surface area contributed by atoms with Gasteiger partial charge in [0.25, 0.3) is 10.0 Å². The van der Waals surface area contributed by atoms with E-state index in [2.05, 4.69) is 9.46 Å². The van der Waals surface area contributed by atoms with Gasteiger partial charge in [-0.25, -0.2) is 13.2 Å². The Morgan fingerprint density at radius 2 is 1.82 bits per heavy atom. The van der Waals surface area contributed by atoms with Gasteiger partial charge in [-0.2, -0.15) is 0 Å². The van der Waals surface area contributed by atoms with E-state index >= 15 is 0 Å². The molecule has 0 bridgehead atoms. The van der Waals surface area contributed by atoms with Crippen LogP contribution in [0.4, 0.5) is 5.69 Å². The molecule has 1 N–H and O–H groups in total. The molecule has 2 rings (SSSR count). The first-order chi connectivity index (χ1) is 10.3. The Morgan fingerprint density at radius 3 is 2.45 bits per heavy atom. The molecule has 22 heavy (non-hydrogen) atoms. The first-order valence-corrected chi connectivity index (χ1v) is 8.24. The van der Waals surface area contributed by atoms with Gasteiger partial charge in [-0.05, 0) is 30.3 Å². The van der Waals surface area contributed by atoms with E-state index in [1.165, 1.54) is 37.4 Å². The summed E-state index contributed by atoms with van der Waals surface area (Å²) in [5, 5.41) is 0.334. The lowest BCUT2D eigenvalue weighted by molar-refractivity contribution is 0.0602. The summed E-state index contributed by atoms with van der Waals surface area (Å²) in [6.07, 6.45) is 0. The Morgan fingerprint density at radius 1 is 1.14 bits per heavy atom. The number of sulfonamides is 1. The third-order valence-corrected chi connectivity index (χ3v) is 4.86. The summed E-state index contributed by atoms with van der Waals surface area (Å²) in [6.45, 7) is 0. The molecule has 0 unspecified atom stereocenters. The molecule has 0 saturated heterocycles. The largest absolute Gasteiger partial charge is 0.465 e. The predicted molar refractivity (Wildman–Crippen MR) is 85.1 cm³/mol. The van der Waals surface area contributed by atoms with Gasteiger partial charge in [0.15, 0.2) is 0 Å². The Balaban J connectivity index is 2.48. The fraction of sp³-hybridized carbons (Fsp3) is 0.0714. The smallest absolute Gasteiger partial charge is 0.339 e. The molecule has 0 amide bonds. The molecular formula is C14H11Cl2NO4S. The lowest BCUT2D eigenvalue weighted by Gasteiger charge is -2.12. The molecule has 0 radical (unpaired) electrons. The first kappa shape index (κ1) is 16.6. The van der Waals surface area contributed by atoms with Crippen molar-refractivity contribution in [1.29, 1.82) is 0 Å². The number of rotatable bonds is 4. The number of hydrogen-bond acceptors (Lipinski definition) is 4. The van der Waals surface area contributed by atoms with E-state index in [9.17, 15) is 13.2 Å². The van der Waals surface area contributed by atoms with E-state index in [1.54, 1.807) is 12.1 Å². The number of nitrogens with one attached hydrogen (secondary N) is 1. The number of halogens is 2. The number of hydrogen-bond donors (Lipinski definition) is 1. The molecule has 2 aromatic rings. The topological polar surface area (TPSA) is 72.5 Å². The van der Waals surface area contributed by atoms with Crippen LogP contribution in [-0.4, -0.2) is 21.5 Å². The van der Waals surface area contributed by atoms with Crippen molar-refractivity contribution < 1.29 is 17.9 Å². The molecular weight excluding hydrogens is 349 g/mol. The standard InChI is InChI=1S/C14H11Cl2NO4S/c1-21-14(18)10-7-6-9(15)8-12(10)17-22(19,20)13-5-3-2-4-11(13)16/h2-8,17H,1H3. The predicted octanol–water partition coefficient (Wildman–Crippen LogP) is 3.58. The van der Waals surface area contributed by atoms with Gasteiger partial charge < -0.3 is 4.74 Å². The van der Waals surface area contributed by atoms with E-state index in [0.717, 1.165) is 0 Å². The summed E-state index contributed by atoms with van der Waals surface area (Å²) < 4.78 is 31.7. The van der Waals surface area contributed by atoms with Crippen LogP contribution >= 0.6 is 23.2 Å². The van der Waals surface area contributed by atoms with Crippen LogP contribution in [-0.2, 0) is 14.8 Å². The second kappa shape index (κ2) is 6.56. The molecule has 116 valence electrons. The summed E-state index contributed by atoms with van der Waals surface area (Å²) in [6, 6.07) is 10.1. The van der Waals surface area contributed by atoms with Gasteiger partial charge in [-0.15, -0.1) is 0 Å². The second-order valence-electron chi connectivity index (χ2n) is 4.22. The molecule has 0 fully saturated rings. The summed E-state index contributed by atoms with van der Waals surface area (Å²) in [5.74, 6) is -0.687. The average Bonchev–Trinajstić information content (AvgIpc) is 2.46. The lowest BCUT2D eigenvalue weighted by atomic mass is 10.2. The quantitative estimate of drug-likeness (QED) is 0.846. The minimum atomic E-state index is -3.97. The normalized spacial score (nSPS) is 11.0. The molecule has 0 saturated carbocycles. The van der Waals surface area contributed by atoms with Crippen molar-refractivity contribution in [2.24, 2.45) is 0 Å². The number of ether oxygens (including phenoxy) is 1. The molecule has 5 nitrogen and oxygen atoms in total. The van der Waals surface area contributed by atoms with Crippen molar-refractivity contribution in [2.75, 3.05) is 11.8 Å². The molecule has 0 aliphatic carbocycles. The highest BCUT2D eigenvalue weighted by molar-refractivity contribution is 7.92. The van der Waals surface area contributed by atoms with E-state index in [-0.39, 0.29) is 26.2 Å². The van der Waals surface area contributed by atoms with Crippen molar-refractivity contribution >= 4 is 44.9 Å². The highest BCUT2D eigenvalue weighted by Gasteiger charge is 2.21. The minimum Gasteiger partial charge on any atom is -0.465 e.